The minimum absolute atomic E-state index is 0. The van der Waals surface area contributed by atoms with Crippen LogP contribution in [-0.2, 0) is 37.3 Å². The van der Waals surface area contributed by atoms with Crippen molar-refractivity contribution < 1.29 is 61.9 Å². The average molecular weight is 1410 g/mol. The van der Waals surface area contributed by atoms with E-state index in [1.54, 1.807) is 56.2 Å². The molecule has 0 spiro atoms. The Bertz CT molecular complexity index is 6120. The number of imidazole rings is 1. The fourth-order valence-electron chi connectivity index (χ4n) is 11.9. The first kappa shape index (κ1) is 39.7. The van der Waals surface area contributed by atoms with Gasteiger partial charge in [0.15, 0.2) is 8.07 Å². The van der Waals surface area contributed by atoms with Crippen LogP contribution in [0.15, 0.2) is 267 Å². The molecule has 92 heavy (non-hydrogen) atoms. The summed E-state index contributed by atoms with van der Waals surface area (Å²) in [6.07, 6.45) is 4.84. The van der Waals surface area contributed by atoms with Gasteiger partial charge in [-0.1, -0.05) is 280 Å². The van der Waals surface area contributed by atoms with E-state index < -0.39 is 157 Å². The van der Waals surface area contributed by atoms with Crippen LogP contribution in [0, 0.1) is 25.3 Å². The van der Waals surface area contributed by atoms with Crippen molar-refractivity contribution in [1.82, 2.24) is 14.1 Å². The van der Waals surface area contributed by atoms with Gasteiger partial charge in [0.1, 0.15) is 5.82 Å². The fourth-order valence-corrected chi connectivity index (χ4v) is 15.9. The van der Waals surface area contributed by atoms with E-state index in [9.17, 15) is 16.4 Å². The number of hydrogen-bond donors (Lipinski definition) is 0. The fraction of sp³-hybridized carbons (Fsp3) is 0.153. The molecule has 5 nitrogen and oxygen atoms in total. The summed E-state index contributed by atoms with van der Waals surface area (Å²) in [6, 6.07) is 31.8. The number of fused-ring (bicyclic) bond motifs is 4. The van der Waals surface area contributed by atoms with E-state index >= 15 is 0 Å². The summed E-state index contributed by atoms with van der Waals surface area (Å²) in [7, 11) is -5.92. The SMILES string of the molecule is [2H]c1c([2H])c([2H])c(-c2cnc(-n3c4[c-]c(Oc5[c-]c(-n6[c-][n+](-c7c(-c8cccc(C(C)(C)C)c8)cccc7[Si](c7c([2H])c([2H])c([2H])c([2H])c7[2H])(c7c([2H])c([2H])c([2H])c([2H])c7[2H])c7c([2H])c([2H])c([2H])c([2H])c7[2H])c7ccc(-c8cc(C(C)(C)C)cc(C(C)(C)C)c8)cc76)ccc5)ccc4c4ccccc43)cc2C([2H])([2H])[2H])c([2H])c1[2H].[Pt]. The molecule has 14 aromatic rings. The molecule has 7 heteroatoms. The Morgan fingerprint density at radius 1 is 0.489 bits per heavy atom. The normalized spacial score (nSPS) is 15.8. The molecule has 3 aromatic heterocycles. The molecular weight excluding hydrogens is 1320 g/mol. The van der Waals surface area contributed by atoms with E-state index in [0.717, 1.165) is 33.2 Å². The molecule has 0 saturated carbocycles. The molecule has 0 fully saturated rings. The maximum Gasteiger partial charge on any atom is 0.268 e. The van der Waals surface area contributed by atoms with Gasteiger partial charge in [0.05, 0.1) is 44.1 Å². The zero-order valence-electron chi connectivity index (χ0n) is 74.9. The van der Waals surface area contributed by atoms with Gasteiger partial charge in [0.25, 0.3) is 6.33 Å². The van der Waals surface area contributed by atoms with Crippen LogP contribution in [0.1, 0.15) is 116 Å². The second kappa shape index (κ2) is 24.3. The molecule has 0 aliphatic rings. The van der Waals surface area contributed by atoms with Gasteiger partial charge >= 0.3 is 0 Å². The molecule has 0 radical (unpaired) electrons. The number of para-hydroxylation sites is 2. The minimum atomic E-state index is -5.92. The monoisotopic (exact) mass is 1410 g/mol. The zero-order chi connectivity index (χ0) is 82.7. The number of aryl methyl sites for hydroxylation is 1. The van der Waals surface area contributed by atoms with E-state index in [4.69, 9.17) is 24.8 Å². The van der Waals surface area contributed by atoms with Crippen molar-refractivity contribution in [1.29, 1.82) is 0 Å². The largest absolute Gasteiger partial charge is 0.510 e. The maximum atomic E-state index is 10.1. The molecule has 0 N–H and O–H groups in total. The molecule has 3 heterocycles. The molecular formula is C85H74N4OPtSi-2. The second-order valence-electron chi connectivity index (χ2n) is 25.6. The van der Waals surface area contributed by atoms with Gasteiger partial charge in [-0.25, -0.2) is 4.98 Å². The van der Waals surface area contributed by atoms with Gasteiger partial charge in [-0.15, -0.1) is 29.7 Å². The minimum Gasteiger partial charge on any atom is -0.510 e. The average Bonchev–Trinajstić information content (AvgIpc) is 1.63. The Morgan fingerprint density at radius 3 is 1.73 bits per heavy atom. The Kier molecular flexibility index (Phi) is 10.5. The third-order valence-corrected chi connectivity index (χ3v) is 20.9. The number of pyridine rings is 1. The maximum absolute atomic E-state index is 10.1. The van der Waals surface area contributed by atoms with E-state index in [1.807, 2.05) is 87.5 Å². The van der Waals surface area contributed by atoms with Crippen molar-refractivity contribution in [3.63, 3.8) is 0 Å². The molecule has 456 valence electrons. The summed E-state index contributed by atoms with van der Waals surface area (Å²) in [4.78, 5) is 4.74. The summed E-state index contributed by atoms with van der Waals surface area (Å²) < 4.78 is 225. The predicted octanol–water partition coefficient (Wildman–Crippen LogP) is 18.2. The summed E-state index contributed by atoms with van der Waals surface area (Å²) in [5.74, 6) is 0.357. The molecule has 0 aliphatic carbocycles. The first-order valence-electron chi connectivity index (χ1n) is 41.3. The molecule has 0 bridgehead atoms. The van der Waals surface area contributed by atoms with E-state index in [1.165, 1.54) is 18.3 Å². The van der Waals surface area contributed by atoms with Gasteiger partial charge in [0.2, 0.25) is 0 Å². The Balaban J connectivity index is 0.0000115. The summed E-state index contributed by atoms with van der Waals surface area (Å²) in [5.41, 5.74) is 5.33. The van der Waals surface area contributed by atoms with Gasteiger partial charge in [-0.05, 0) is 123 Å². The number of aromatic nitrogens is 4. The molecule has 0 atom stereocenters. The number of hydrogen-bond acceptors (Lipinski definition) is 2. The van der Waals surface area contributed by atoms with E-state index in [2.05, 4.69) is 78.2 Å². The van der Waals surface area contributed by atoms with Crippen LogP contribution in [0.25, 0.3) is 83.4 Å². The van der Waals surface area contributed by atoms with Crippen molar-refractivity contribution in [3.05, 3.63) is 307 Å². The predicted molar refractivity (Wildman–Crippen MR) is 381 cm³/mol. The molecule has 0 amide bonds. The summed E-state index contributed by atoms with van der Waals surface area (Å²) in [6.45, 7) is 16.0. The van der Waals surface area contributed by atoms with Crippen molar-refractivity contribution in [2.75, 3.05) is 0 Å². The molecule has 0 unspecified atom stereocenters. The summed E-state index contributed by atoms with van der Waals surface area (Å²) >= 11 is 0. The molecule has 0 saturated heterocycles. The van der Waals surface area contributed by atoms with Crippen molar-refractivity contribution in [2.45, 2.75) is 85.4 Å². The zero-order valence-corrected chi connectivity index (χ0v) is 55.1. The Morgan fingerprint density at radius 2 is 1.09 bits per heavy atom. The number of benzene rings is 11. The first-order valence-corrected chi connectivity index (χ1v) is 31.8. The third-order valence-electron chi connectivity index (χ3n) is 16.6. The van der Waals surface area contributed by atoms with Crippen LogP contribution in [0.4, 0.5) is 0 Å². The smallest absolute Gasteiger partial charge is 0.268 e. The topological polar surface area (TPSA) is 35.9 Å². The van der Waals surface area contributed by atoms with Gasteiger partial charge in [-0.2, -0.15) is 18.2 Å². The molecule has 0 aliphatic heterocycles. The Labute approximate surface area is 589 Å². The van der Waals surface area contributed by atoms with E-state index in [0.29, 0.717) is 38.6 Å². The quantitative estimate of drug-likeness (QED) is 0.0529. The van der Waals surface area contributed by atoms with Gasteiger partial charge < -0.3 is 13.9 Å². The summed E-state index contributed by atoms with van der Waals surface area (Å²) in [5, 5.41) is -0.804. The van der Waals surface area contributed by atoms with Crippen LogP contribution in [0.5, 0.6) is 11.5 Å². The molecule has 11 aromatic carbocycles. The second-order valence-corrected chi connectivity index (χ2v) is 29.1. The Hall–Kier alpha value is -9.45. The standard InChI is InChI=1S/C85H74N4OSi.Pt/c1-58-48-81(86-56-75(58)59-28-15-11-16-29-59)89-76-42-24-23-40-73(76)74-46-45-68(55-78(74)89)90-67-33-26-32-66(54-67)87-57-88(77-47-44-60(52-79(77)87)62-50-64(84(5,6)7)53-65(51-62)85(8,9)10)82-72(61-30-25-31-63(49-61)83(2,3)4)41-27-43-80(82)91(69-34-17-12-18-35-69,70-36-19-13-20-37-70)71-38-21-14-22-39-71;/h11-53,56H,1-10H3;/q-2;/i1D3,11D,12D,13D,14D,15D,16D,17D,18D,19D,20D,21D,22D,28D,29D,34D,35D,36D,37D,38D,39D;. The van der Waals surface area contributed by atoms with Crippen LogP contribution in [0.2, 0.25) is 0 Å². The van der Waals surface area contributed by atoms with Gasteiger partial charge in [-0.3, -0.25) is 4.57 Å². The van der Waals surface area contributed by atoms with E-state index in [-0.39, 0.29) is 82.5 Å². The van der Waals surface area contributed by atoms with Crippen molar-refractivity contribution in [3.8, 4) is 62.1 Å². The first-order chi connectivity index (χ1) is 53.4. The van der Waals surface area contributed by atoms with Crippen LogP contribution in [0.3, 0.4) is 0 Å². The van der Waals surface area contributed by atoms with Crippen LogP contribution >= 0.6 is 0 Å². The number of rotatable bonds is 12. The number of nitrogens with zero attached hydrogens (tertiary/aromatic N) is 4. The van der Waals surface area contributed by atoms with Gasteiger partial charge in [0, 0.05) is 54.0 Å². The molecule has 14 rings (SSSR count). The van der Waals surface area contributed by atoms with Crippen molar-refractivity contribution >= 4 is 61.7 Å². The third kappa shape index (κ3) is 11.3. The van der Waals surface area contributed by atoms with Crippen molar-refractivity contribution in [2.24, 2.45) is 0 Å². The number of ether oxygens (including phenoxy) is 1. The van der Waals surface area contributed by atoms with Crippen LogP contribution < -0.4 is 30.1 Å². The van der Waals surface area contributed by atoms with Crippen LogP contribution in [-0.4, -0.2) is 22.2 Å².